The van der Waals surface area contributed by atoms with E-state index in [0.717, 1.165) is 24.8 Å². The summed E-state index contributed by atoms with van der Waals surface area (Å²) in [6, 6.07) is 12.1. The smallest absolute Gasteiger partial charge is 0.410 e. The molecule has 20 heavy (non-hydrogen) atoms. The van der Waals surface area contributed by atoms with Crippen molar-refractivity contribution in [1.82, 2.24) is 4.90 Å². The lowest BCUT2D eigenvalue weighted by Gasteiger charge is -2.31. The molecule has 1 heterocycles. The molecule has 1 atom stereocenters. The molecule has 4 nitrogen and oxygen atoms in total. The number of benzene rings is 1. The highest BCUT2D eigenvalue weighted by atomic mass is 16.6. The Labute approximate surface area is 118 Å². The van der Waals surface area contributed by atoms with Crippen LogP contribution in [0.3, 0.4) is 0 Å². The van der Waals surface area contributed by atoms with Crippen LogP contribution in [0.15, 0.2) is 30.3 Å². The summed E-state index contributed by atoms with van der Waals surface area (Å²) >= 11 is 0. The molecule has 1 aromatic carbocycles. The number of rotatable bonds is 2. The first-order valence-electron chi connectivity index (χ1n) is 7.09. The molecule has 0 aromatic heterocycles. The number of piperidine rings is 1. The van der Waals surface area contributed by atoms with Crippen molar-refractivity contribution in [3.63, 3.8) is 0 Å². The van der Waals surface area contributed by atoms with Gasteiger partial charge in [0.15, 0.2) is 0 Å². The van der Waals surface area contributed by atoms with E-state index in [-0.39, 0.29) is 17.4 Å². The Kier molecular flexibility index (Phi) is 3.35. The van der Waals surface area contributed by atoms with E-state index in [0.29, 0.717) is 19.7 Å². The molecular weight excluding hydrogens is 252 g/mol. The van der Waals surface area contributed by atoms with Crippen molar-refractivity contribution in [1.29, 1.82) is 5.26 Å². The normalized spacial score (nSPS) is 23.1. The van der Waals surface area contributed by atoms with Crippen LogP contribution in [0.1, 0.15) is 24.8 Å². The molecule has 1 saturated carbocycles. The molecule has 1 amide bonds. The summed E-state index contributed by atoms with van der Waals surface area (Å²) in [7, 11) is 0. The Bertz CT molecular complexity index is 527. The second kappa shape index (κ2) is 5.16. The molecule has 1 unspecified atom stereocenters. The largest absolute Gasteiger partial charge is 0.445 e. The lowest BCUT2D eigenvalue weighted by molar-refractivity contribution is 0.0788. The quantitative estimate of drug-likeness (QED) is 0.830. The minimum Gasteiger partial charge on any atom is -0.445 e. The maximum Gasteiger partial charge on any atom is 0.410 e. The van der Waals surface area contributed by atoms with Gasteiger partial charge in [-0.2, -0.15) is 5.26 Å². The standard InChI is InChI=1S/C16H18N2O2/c17-11-14-10-16(14)6-8-18(9-7-16)15(19)20-12-13-4-2-1-3-5-13/h1-5,14H,6-10,12H2. The van der Waals surface area contributed by atoms with Crippen LogP contribution in [0.5, 0.6) is 0 Å². The lowest BCUT2D eigenvalue weighted by atomic mass is 9.91. The average molecular weight is 270 g/mol. The topological polar surface area (TPSA) is 53.3 Å². The van der Waals surface area contributed by atoms with Crippen LogP contribution < -0.4 is 0 Å². The predicted molar refractivity (Wildman–Crippen MR) is 73.6 cm³/mol. The Balaban J connectivity index is 1.47. The molecular formula is C16H18N2O2. The maximum atomic E-state index is 12.0. The first-order valence-corrected chi connectivity index (χ1v) is 7.09. The van der Waals surface area contributed by atoms with Gasteiger partial charge in [0.2, 0.25) is 0 Å². The summed E-state index contributed by atoms with van der Waals surface area (Å²) in [5.74, 6) is 0.213. The third-order valence-electron chi connectivity index (χ3n) is 4.57. The average Bonchev–Trinajstić information content (AvgIpc) is 3.19. The number of ether oxygens (including phenoxy) is 1. The van der Waals surface area contributed by atoms with Crippen LogP contribution in [-0.4, -0.2) is 24.1 Å². The summed E-state index contributed by atoms with van der Waals surface area (Å²) < 4.78 is 5.33. The molecule has 1 aliphatic carbocycles. The monoisotopic (exact) mass is 270 g/mol. The van der Waals surface area contributed by atoms with Crippen molar-refractivity contribution in [2.75, 3.05) is 13.1 Å². The van der Waals surface area contributed by atoms with Gasteiger partial charge in [0.1, 0.15) is 6.61 Å². The summed E-state index contributed by atoms with van der Waals surface area (Å²) in [6.45, 7) is 1.75. The zero-order chi connectivity index (χ0) is 14.0. The zero-order valence-corrected chi connectivity index (χ0v) is 11.4. The molecule has 1 spiro atoms. The van der Waals surface area contributed by atoms with Crippen molar-refractivity contribution < 1.29 is 9.53 Å². The van der Waals surface area contributed by atoms with Gasteiger partial charge >= 0.3 is 6.09 Å². The molecule has 1 aromatic rings. The number of likely N-dealkylation sites (tertiary alicyclic amines) is 1. The van der Waals surface area contributed by atoms with Gasteiger partial charge in [0, 0.05) is 13.1 Å². The highest BCUT2D eigenvalue weighted by Gasteiger charge is 2.55. The van der Waals surface area contributed by atoms with E-state index in [1.165, 1.54) is 0 Å². The van der Waals surface area contributed by atoms with Crippen LogP contribution in [0.4, 0.5) is 4.79 Å². The summed E-state index contributed by atoms with van der Waals surface area (Å²) in [4.78, 5) is 13.8. The van der Waals surface area contributed by atoms with Gasteiger partial charge in [0.05, 0.1) is 12.0 Å². The minimum absolute atomic E-state index is 0.213. The fourth-order valence-corrected chi connectivity index (χ4v) is 3.03. The Morgan fingerprint density at radius 3 is 2.65 bits per heavy atom. The third-order valence-corrected chi connectivity index (χ3v) is 4.57. The molecule has 0 radical (unpaired) electrons. The molecule has 2 aliphatic rings. The van der Waals surface area contributed by atoms with E-state index >= 15 is 0 Å². The number of hydrogen-bond donors (Lipinski definition) is 0. The third kappa shape index (κ3) is 2.49. The van der Waals surface area contributed by atoms with Crippen molar-refractivity contribution >= 4 is 6.09 Å². The zero-order valence-electron chi connectivity index (χ0n) is 11.4. The maximum absolute atomic E-state index is 12.0. The van der Waals surface area contributed by atoms with Crippen LogP contribution in [0.2, 0.25) is 0 Å². The van der Waals surface area contributed by atoms with E-state index in [1.54, 1.807) is 4.90 Å². The second-order valence-corrected chi connectivity index (χ2v) is 5.78. The molecule has 0 bridgehead atoms. The fraction of sp³-hybridized carbons (Fsp3) is 0.500. The predicted octanol–water partition coefficient (Wildman–Crippen LogP) is 2.95. The Hall–Kier alpha value is -2.02. The molecule has 3 rings (SSSR count). The fourth-order valence-electron chi connectivity index (χ4n) is 3.03. The first kappa shape index (κ1) is 13.0. The van der Waals surface area contributed by atoms with Crippen molar-refractivity contribution in [3.05, 3.63) is 35.9 Å². The Morgan fingerprint density at radius 2 is 2.05 bits per heavy atom. The number of carbonyl (C=O) groups is 1. The van der Waals surface area contributed by atoms with E-state index in [2.05, 4.69) is 6.07 Å². The molecule has 4 heteroatoms. The minimum atomic E-state index is -0.238. The van der Waals surface area contributed by atoms with Crippen molar-refractivity contribution in [3.8, 4) is 6.07 Å². The van der Waals surface area contributed by atoms with E-state index in [4.69, 9.17) is 10.00 Å². The SMILES string of the molecule is N#CC1CC12CCN(C(=O)OCc1ccccc1)CC2. The van der Waals surface area contributed by atoms with Gasteiger partial charge in [-0.1, -0.05) is 30.3 Å². The molecule has 104 valence electrons. The summed E-state index contributed by atoms with van der Waals surface area (Å²) in [6.07, 6.45) is 2.64. The molecule has 1 aliphatic heterocycles. The van der Waals surface area contributed by atoms with E-state index in [1.807, 2.05) is 30.3 Å². The number of amides is 1. The van der Waals surface area contributed by atoms with Crippen LogP contribution in [-0.2, 0) is 11.3 Å². The van der Waals surface area contributed by atoms with Gasteiger partial charge in [-0.15, -0.1) is 0 Å². The first-order chi connectivity index (χ1) is 9.73. The summed E-state index contributed by atoms with van der Waals surface area (Å²) in [5.41, 5.74) is 1.21. The van der Waals surface area contributed by atoms with Gasteiger partial charge in [-0.05, 0) is 30.2 Å². The van der Waals surface area contributed by atoms with Gasteiger partial charge in [-0.3, -0.25) is 0 Å². The summed E-state index contributed by atoms with van der Waals surface area (Å²) in [5, 5.41) is 8.95. The second-order valence-electron chi connectivity index (χ2n) is 5.78. The number of carbonyl (C=O) groups excluding carboxylic acids is 1. The lowest BCUT2D eigenvalue weighted by Crippen LogP contribution is -2.39. The van der Waals surface area contributed by atoms with Crippen LogP contribution in [0, 0.1) is 22.7 Å². The molecule has 1 saturated heterocycles. The number of hydrogen-bond acceptors (Lipinski definition) is 3. The van der Waals surface area contributed by atoms with Gasteiger partial charge in [0.25, 0.3) is 0 Å². The molecule has 2 fully saturated rings. The highest BCUT2D eigenvalue weighted by molar-refractivity contribution is 5.67. The van der Waals surface area contributed by atoms with E-state index < -0.39 is 0 Å². The van der Waals surface area contributed by atoms with Gasteiger partial charge in [-0.25, -0.2) is 4.79 Å². The number of nitrogens with zero attached hydrogens (tertiary/aromatic N) is 2. The van der Waals surface area contributed by atoms with Crippen LogP contribution in [0.25, 0.3) is 0 Å². The highest BCUT2D eigenvalue weighted by Crippen LogP contribution is 2.58. The van der Waals surface area contributed by atoms with Crippen LogP contribution >= 0.6 is 0 Å². The van der Waals surface area contributed by atoms with Gasteiger partial charge < -0.3 is 9.64 Å². The van der Waals surface area contributed by atoms with E-state index in [9.17, 15) is 4.79 Å². The van der Waals surface area contributed by atoms with Crippen molar-refractivity contribution in [2.45, 2.75) is 25.9 Å². The number of nitriles is 1. The van der Waals surface area contributed by atoms with Crippen molar-refractivity contribution in [2.24, 2.45) is 11.3 Å². The molecule has 0 N–H and O–H groups in total. The Morgan fingerprint density at radius 1 is 1.35 bits per heavy atom.